The summed E-state index contributed by atoms with van der Waals surface area (Å²) in [5, 5.41) is 3.11. The van der Waals surface area contributed by atoms with Crippen LogP contribution in [-0.2, 0) is 11.2 Å². The van der Waals surface area contributed by atoms with E-state index in [1.54, 1.807) is 7.11 Å². The maximum atomic E-state index is 6.02. The van der Waals surface area contributed by atoms with Crippen molar-refractivity contribution in [2.45, 2.75) is 32.0 Å². The highest BCUT2D eigenvalue weighted by Gasteiger charge is 2.32. The summed E-state index contributed by atoms with van der Waals surface area (Å²) in [6.07, 6.45) is 0.898. The summed E-state index contributed by atoms with van der Waals surface area (Å²) in [5.41, 5.74) is 1.06. The molecule has 1 unspecified atom stereocenters. The molecule has 0 amide bonds. The van der Waals surface area contributed by atoms with Crippen LogP contribution in [0.25, 0.3) is 0 Å². The van der Waals surface area contributed by atoms with Gasteiger partial charge in [-0.2, -0.15) is 0 Å². The smallest absolute Gasteiger partial charge is 0.165 e. The van der Waals surface area contributed by atoms with Crippen LogP contribution in [0.1, 0.15) is 19.4 Å². The Morgan fingerprint density at radius 3 is 2.89 bits per heavy atom. The van der Waals surface area contributed by atoms with Crippen LogP contribution in [0, 0.1) is 0 Å². The van der Waals surface area contributed by atoms with Gasteiger partial charge < -0.3 is 19.5 Å². The minimum Gasteiger partial charge on any atom is -0.483 e. The Kier molecular flexibility index (Phi) is 4.32. The molecule has 0 fully saturated rings. The average Bonchev–Trinajstić information content (AvgIpc) is 2.65. The van der Waals surface area contributed by atoms with E-state index in [1.807, 2.05) is 19.2 Å². The highest BCUT2D eigenvalue weighted by molar-refractivity contribution is 5.50. The molecule has 0 aromatic heterocycles. The van der Waals surface area contributed by atoms with Crippen molar-refractivity contribution < 1.29 is 14.2 Å². The third kappa shape index (κ3) is 3.39. The molecule has 0 aliphatic carbocycles. The lowest BCUT2D eigenvalue weighted by Gasteiger charge is -2.21. The number of hydrogen-bond donors (Lipinski definition) is 1. The Morgan fingerprint density at radius 2 is 2.21 bits per heavy atom. The van der Waals surface area contributed by atoms with Gasteiger partial charge in [0, 0.05) is 25.6 Å². The Balaban J connectivity index is 2.16. The minimum atomic E-state index is -0.151. The number of nitrogens with one attached hydrogen (secondary N) is 1. The van der Waals surface area contributed by atoms with Crippen molar-refractivity contribution in [3.05, 3.63) is 23.8 Å². The van der Waals surface area contributed by atoms with Crippen molar-refractivity contribution in [1.82, 2.24) is 5.32 Å². The van der Waals surface area contributed by atoms with Gasteiger partial charge in [-0.1, -0.05) is 12.1 Å². The summed E-state index contributed by atoms with van der Waals surface area (Å²) in [5.74, 6) is 1.69. The van der Waals surface area contributed by atoms with Crippen LogP contribution >= 0.6 is 0 Å². The summed E-state index contributed by atoms with van der Waals surface area (Å²) >= 11 is 0. The maximum absolute atomic E-state index is 6.02. The van der Waals surface area contributed by atoms with Gasteiger partial charge in [0.15, 0.2) is 11.5 Å². The van der Waals surface area contributed by atoms with E-state index in [9.17, 15) is 0 Å². The number of rotatable bonds is 6. The number of hydrogen-bond acceptors (Lipinski definition) is 4. The molecule has 0 saturated carbocycles. The van der Waals surface area contributed by atoms with E-state index in [0.29, 0.717) is 6.61 Å². The lowest BCUT2D eigenvalue weighted by Crippen LogP contribution is -2.33. The molecule has 0 bridgehead atoms. The summed E-state index contributed by atoms with van der Waals surface area (Å²) in [4.78, 5) is 0. The lowest BCUT2D eigenvalue weighted by molar-refractivity contribution is 0.0745. The van der Waals surface area contributed by atoms with E-state index in [-0.39, 0.29) is 11.7 Å². The topological polar surface area (TPSA) is 39.7 Å². The highest BCUT2D eigenvalue weighted by Crippen LogP contribution is 2.42. The van der Waals surface area contributed by atoms with E-state index in [1.165, 1.54) is 5.56 Å². The molecule has 1 atom stereocenters. The average molecular weight is 265 g/mol. The molecule has 0 spiro atoms. The number of fused-ring (bicyclic) bond motifs is 1. The molecule has 1 heterocycles. The summed E-state index contributed by atoms with van der Waals surface area (Å²) in [7, 11) is 3.59. The number of likely N-dealkylation sites (N-methyl/N-ethyl adjacent to an activating group) is 1. The molecule has 1 aliphatic heterocycles. The molecule has 1 N–H and O–H groups in total. The monoisotopic (exact) mass is 265 g/mol. The molecule has 1 aliphatic rings. The zero-order valence-corrected chi connectivity index (χ0v) is 12.2. The van der Waals surface area contributed by atoms with E-state index in [4.69, 9.17) is 14.2 Å². The van der Waals surface area contributed by atoms with Crippen molar-refractivity contribution in [2.24, 2.45) is 0 Å². The molecule has 4 heteroatoms. The zero-order valence-electron chi connectivity index (χ0n) is 12.2. The van der Waals surface area contributed by atoms with Gasteiger partial charge in [-0.25, -0.2) is 0 Å². The normalized spacial score (nSPS) is 17.7. The van der Waals surface area contributed by atoms with Gasteiger partial charge in [-0.15, -0.1) is 0 Å². The minimum absolute atomic E-state index is 0.0196. The van der Waals surface area contributed by atoms with Crippen LogP contribution in [0.5, 0.6) is 11.5 Å². The number of para-hydroxylation sites is 1. The Labute approximate surface area is 115 Å². The maximum Gasteiger partial charge on any atom is 0.165 e. The zero-order chi connectivity index (χ0) is 13.9. The lowest BCUT2D eigenvalue weighted by atomic mass is 10.0. The van der Waals surface area contributed by atoms with Crippen molar-refractivity contribution in [2.75, 3.05) is 27.3 Å². The van der Waals surface area contributed by atoms with Gasteiger partial charge >= 0.3 is 0 Å². The van der Waals surface area contributed by atoms with E-state index < -0.39 is 0 Å². The Morgan fingerprint density at radius 1 is 1.42 bits per heavy atom. The Bertz CT molecular complexity index is 425. The second-order valence-electron chi connectivity index (χ2n) is 5.54. The first-order valence-corrected chi connectivity index (χ1v) is 6.67. The molecule has 0 saturated heterocycles. The number of methoxy groups -OCH3 is 1. The van der Waals surface area contributed by atoms with Crippen LogP contribution in [0.3, 0.4) is 0 Å². The second-order valence-corrected chi connectivity index (χ2v) is 5.54. The SMILES string of the molecule is CNCC(COC)Oc1cccc2c1OC(C)(C)C2. The summed E-state index contributed by atoms with van der Waals surface area (Å²) in [6.45, 7) is 5.48. The van der Waals surface area contributed by atoms with Crippen LogP contribution in [0.2, 0.25) is 0 Å². The van der Waals surface area contributed by atoms with E-state index in [2.05, 4.69) is 25.2 Å². The molecule has 4 nitrogen and oxygen atoms in total. The van der Waals surface area contributed by atoms with Gasteiger partial charge in [0.1, 0.15) is 11.7 Å². The molecule has 19 heavy (non-hydrogen) atoms. The highest BCUT2D eigenvalue weighted by atomic mass is 16.6. The second kappa shape index (κ2) is 5.80. The van der Waals surface area contributed by atoms with E-state index in [0.717, 1.165) is 24.5 Å². The van der Waals surface area contributed by atoms with Gasteiger partial charge in [-0.3, -0.25) is 0 Å². The van der Waals surface area contributed by atoms with Crippen LogP contribution in [0.15, 0.2) is 18.2 Å². The van der Waals surface area contributed by atoms with Crippen LogP contribution in [-0.4, -0.2) is 39.0 Å². The van der Waals surface area contributed by atoms with Crippen molar-refractivity contribution >= 4 is 0 Å². The molecular weight excluding hydrogens is 242 g/mol. The molecule has 1 aromatic rings. The summed E-state index contributed by atoms with van der Waals surface area (Å²) < 4.78 is 17.2. The first-order chi connectivity index (χ1) is 9.05. The Hall–Kier alpha value is -1.26. The predicted molar refractivity (Wildman–Crippen MR) is 75.1 cm³/mol. The predicted octanol–water partition coefficient (Wildman–Crippen LogP) is 2.01. The van der Waals surface area contributed by atoms with Gasteiger partial charge in [0.25, 0.3) is 0 Å². The van der Waals surface area contributed by atoms with Gasteiger partial charge in [0.2, 0.25) is 0 Å². The van der Waals surface area contributed by atoms with Gasteiger partial charge in [-0.05, 0) is 27.0 Å². The van der Waals surface area contributed by atoms with Gasteiger partial charge in [0.05, 0.1) is 6.61 Å². The standard InChI is InChI=1S/C15H23NO3/c1-15(2)8-11-6-5-7-13(14(11)19-15)18-12(9-16-3)10-17-4/h5-7,12,16H,8-10H2,1-4H3. The van der Waals surface area contributed by atoms with Crippen molar-refractivity contribution in [3.8, 4) is 11.5 Å². The molecule has 1 aromatic carbocycles. The third-order valence-electron chi connectivity index (χ3n) is 3.13. The number of ether oxygens (including phenoxy) is 3. The van der Waals surface area contributed by atoms with Crippen molar-refractivity contribution in [1.29, 1.82) is 0 Å². The number of benzene rings is 1. The summed E-state index contributed by atoms with van der Waals surface area (Å²) in [6, 6.07) is 6.07. The van der Waals surface area contributed by atoms with Crippen molar-refractivity contribution in [3.63, 3.8) is 0 Å². The molecule has 0 radical (unpaired) electrons. The first kappa shape index (κ1) is 14.2. The molecular formula is C15H23NO3. The third-order valence-corrected chi connectivity index (χ3v) is 3.13. The fraction of sp³-hybridized carbons (Fsp3) is 0.600. The van der Waals surface area contributed by atoms with Crippen LogP contribution in [0.4, 0.5) is 0 Å². The van der Waals surface area contributed by atoms with Crippen LogP contribution < -0.4 is 14.8 Å². The quantitative estimate of drug-likeness (QED) is 0.854. The largest absolute Gasteiger partial charge is 0.483 e. The molecule has 106 valence electrons. The fourth-order valence-electron chi connectivity index (χ4n) is 2.41. The fourth-order valence-corrected chi connectivity index (χ4v) is 2.41. The molecule has 2 rings (SSSR count). The van der Waals surface area contributed by atoms with E-state index >= 15 is 0 Å². The first-order valence-electron chi connectivity index (χ1n) is 6.67.